The molecule has 0 aliphatic carbocycles. The van der Waals surface area contributed by atoms with Gasteiger partial charge in [0.2, 0.25) is 0 Å². The molecule has 0 aliphatic heterocycles. The maximum absolute atomic E-state index is 12.5. The fourth-order valence-electron chi connectivity index (χ4n) is 3.34. The van der Waals surface area contributed by atoms with Gasteiger partial charge in [-0.15, -0.1) is 11.3 Å². The summed E-state index contributed by atoms with van der Waals surface area (Å²) in [5, 5.41) is 2.10. The smallest absolute Gasteiger partial charge is 0.409 e. The second kappa shape index (κ2) is 10.3. The van der Waals surface area contributed by atoms with Crippen molar-refractivity contribution in [2.75, 3.05) is 19.8 Å². The van der Waals surface area contributed by atoms with E-state index in [0.29, 0.717) is 11.1 Å². The highest BCUT2D eigenvalue weighted by atomic mass is 32.1. The second-order valence-corrected chi connectivity index (χ2v) is 9.07. The van der Waals surface area contributed by atoms with Crippen molar-refractivity contribution in [3.63, 3.8) is 0 Å². The number of hydrogen-bond donors (Lipinski definition) is 3. The summed E-state index contributed by atoms with van der Waals surface area (Å²) in [6.45, 7) is 2.32. The van der Waals surface area contributed by atoms with Crippen LogP contribution in [0.3, 0.4) is 0 Å². The summed E-state index contributed by atoms with van der Waals surface area (Å²) in [6.07, 6.45) is -2.79. The molecule has 2 heterocycles. The molecule has 0 aliphatic rings. The van der Waals surface area contributed by atoms with Crippen molar-refractivity contribution < 1.29 is 27.6 Å². The summed E-state index contributed by atoms with van der Waals surface area (Å²) in [5.74, 6) is -0.440. The van der Waals surface area contributed by atoms with Crippen LogP contribution < -0.4 is 21.1 Å². The van der Waals surface area contributed by atoms with Gasteiger partial charge in [-0.05, 0) is 42.8 Å². The standard InChI is InChI=1S/C24H25F3N4O2S/c1-14(6-7-24(25,26)27)33-20-10-16(4-5-18(20)23(29)32)19-9-17(11-30-22(19)28)21-8-15(13-34-21)12-31(2)3/h4-11,13-14H,12H2,1-3H3,(H2,28,30)(H2,29,32)/p+1/b7-6-/t14-/m1/s1. The van der Waals surface area contributed by atoms with Crippen molar-refractivity contribution in [1.29, 1.82) is 0 Å². The van der Waals surface area contributed by atoms with E-state index in [1.54, 1.807) is 23.6 Å². The molecular weight excluding hydrogens is 465 g/mol. The molecule has 180 valence electrons. The minimum Gasteiger partial charge on any atom is -0.486 e. The van der Waals surface area contributed by atoms with Gasteiger partial charge in [0.15, 0.2) is 0 Å². The first-order valence-corrected chi connectivity index (χ1v) is 11.3. The van der Waals surface area contributed by atoms with E-state index in [0.717, 1.165) is 23.1 Å². The Labute approximate surface area is 199 Å². The summed E-state index contributed by atoms with van der Waals surface area (Å²) in [6, 6.07) is 8.63. The van der Waals surface area contributed by atoms with Crippen LogP contribution in [0.15, 0.2) is 54.1 Å². The normalized spacial score (nSPS) is 12.9. The lowest BCUT2D eigenvalue weighted by atomic mass is 10.0. The number of rotatable bonds is 8. The van der Waals surface area contributed by atoms with Crippen LogP contribution in [0.5, 0.6) is 5.75 Å². The van der Waals surface area contributed by atoms with Crippen LogP contribution in [0.25, 0.3) is 21.6 Å². The van der Waals surface area contributed by atoms with Crippen molar-refractivity contribution in [3.05, 3.63) is 65.2 Å². The van der Waals surface area contributed by atoms with Crippen LogP contribution in [-0.4, -0.2) is 37.3 Å². The van der Waals surface area contributed by atoms with E-state index in [2.05, 4.69) is 30.5 Å². The first-order valence-electron chi connectivity index (χ1n) is 10.4. The Hall–Kier alpha value is -3.37. The Kier molecular flexibility index (Phi) is 7.63. The zero-order chi connectivity index (χ0) is 25.0. The fraction of sp³-hybridized carbons (Fsp3) is 0.250. The summed E-state index contributed by atoms with van der Waals surface area (Å²) >= 11 is 1.60. The van der Waals surface area contributed by atoms with E-state index in [1.807, 2.05) is 6.07 Å². The van der Waals surface area contributed by atoms with Crippen molar-refractivity contribution in [2.24, 2.45) is 5.73 Å². The molecule has 2 aromatic heterocycles. The average Bonchev–Trinajstić information content (AvgIpc) is 3.19. The van der Waals surface area contributed by atoms with Gasteiger partial charge in [-0.1, -0.05) is 6.07 Å². The number of halogens is 3. The molecule has 10 heteroatoms. The molecule has 6 nitrogen and oxygen atoms in total. The summed E-state index contributed by atoms with van der Waals surface area (Å²) in [5.41, 5.74) is 14.9. The number of carbonyl (C=O) groups is 1. The first kappa shape index (κ1) is 25.3. The van der Waals surface area contributed by atoms with Gasteiger partial charge >= 0.3 is 6.18 Å². The fourth-order valence-corrected chi connectivity index (χ4v) is 4.24. The van der Waals surface area contributed by atoms with E-state index >= 15 is 0 Å². The third kappa shape index (κ3) is 6.58. The van der Waals surface area contributed by atoms with Crippen LogP contribution in [0, 0.1) is 0 Å². The van der Waals surface area contributed by atoms with Crippen molar-refractivity contribution in [3.8, 4) is 27.3 Å². The Bertz CT molecular complexity index is 1210. The summed E-state index contributed by atoms with van der Waals surface area (Å²) in [7, 11) is 4.16. The Morgan fingerprint density at radius 1 is 1.24 bits per heavy atom. The Morgan fingerprint density at radius 2 is 1.97 bits per heavy atom. The zero-order valence-corrected chi connectivity index (χ0v) is 19.8. The number of aromatic nitrogens is 1. The number of alkyl halides is 3. The molecule has 5 N–H and O–H groups in total. The van der Waals surface area contributed by atoms with Crippen molar-refractivity contribution in [1.82, 2.24) is 4.98 Å². The van der Waals surface area contributed by atoms with Crippen molar-refractivity contribution in [2.45, 2.75) is 25.7 Å². The van der Waals surface area contributed by atoms with Crippen LogP contribution in [0.2, 0.25) is 0 Å². The lowest BCUT2D eigenvalue weighted by molar-refractivity contribution is -0.872. The molecular formula is C24H26F3N4O2S+. The van der Waals surface area contributed by atoms with Gasteiger partial charge in [0.1, 0.15) is 24.2 Å². The van der Waals surface area contributed by atoms with Gasteiger partial charge < -0.3 is 21.1 Å². The summed E-state index contributed by atoms with van der Waals surface area (Å²) < 4.78 is 43.1. The monoisotopic (exact) mass is 491 g/mol. The predicted octanol–water partition coefficient (Wildman–Crippen LogP) is 3.69. The predicted molar refractivity (Wildman–Crippen MR) is 128 cm³/mol. The van der Waals surface area contributed by atoms with Crippen LogP contribution in [-0.2, 0) is 6.54 Å². The average molecular weight is 492 g/mol. The maximum atomic E-state index is 12.5. The molecule has 0 spiro atoms. The van der Waals surface area contributed by atoms with Crippen LogP contribution >= 0.6 is 11.3 Å². The minimum atomic E-state index is -4.47. The van der Waals surface area contributed by atoms with E-state index in [4.69, 9.17) is 16.2 Å². The van der Waals surface area contributed by atoms with Gasteiger partial charge in [-0.2, -0.15) is 13.2 Å². The van der Waals surface area contributed by atoms with Crippen molar-refractivity contribution >= 4 is 23.1 Å². The topological polar surface area (TPSA) is 95.7 Å². The molecule has 34 heavy (non-hydrogen) atoms. The number of amides is 1. The molecule has 0 fully saturated rings. The number of primary amides is 1. The summed E-state index contributed by atoms with van der Waals surface area (Å²) in [4.78, 5) is 18.5. The van der Waals surface area contributed by atoms with Gasteiger partial charge in [-0.3, -0.25) is 4.79 Å². The molecule has 0 bridgehead atoms. The number of quaternary nitrogens is 1. The van der Waals surface area contributed by atoms with Crippen LogP contribution in [0.4, 0.5) is 19.0 Å². The number of carbonyl (C=O) groups excluding carboxylic acids is 1. The first-order chi connectivity index (χ1) is 15.9. The number of benzene rings is 1. The zero-order valence-electron chi connectivity index (χ0n) is 18.9. The van der Waals surface area contributed by atoms with Gasteiger partial charge in [-0.25, -0.2) is 4.98 Å². The lowest BCUT2D eigenvalue weighted by Crippen LogP contribution is -3.04. The van der Waals surface area contributed by atoms with E-state index in [-0.39, 0.29) is 23.2 Å². The number of nitrogens with one attached hydrogen (secondary N) is 1. The highest BCUT2D eigenvalue weighted by molar-refractivity contribution is 7.13. The van der Waals surface area contributed by atoms with E-state index < -0.39 is 18.2 Å². The quantitative estimate of drug-likeness (QED) is 0.419. The minimum absolute atomic E-state index is 0.0489. The number of allylic oxidation sites excluding steroid dienone is 1. The maximum Gasteiger partial charge on any atom is 0.409 e. The van der Waals surface area contributed by atoms with Crippen LogP contribution in [0.1, 0.15) is 22.8 Å². The molecule has 1 aromatic carbocycles. The van der Waals surface area contributed by atoms with Gasteiger partial charge in [0.25, 0.3) is 5.91 Å². The molecule has 0 saturated carbocycles. The van der Waals surface area contributed by atoms with Gasteiger partial charge in [0.05, 0.1) is 19.7 Å². The third-order valence-electron chi connectivity index (χ3n) is 4.84. The number of ether oxygens (including phenoxy) is 1. The van der Waals surface area contributed by atoms with E-state index in [1.165, 1.54) is 29.5 Å². The number of thiophene rings is 1. The number of pyridine rings is 1. The lowest BCUT2D eigenvalue weighted by Gasteiger charge is -2.16. The molecule has 3 rings (SSSR count). The highest BCUT2D eigenvalue weighted by Gasteiger charge is 2.23. The number of nitrogens with two attached hydrogens (primary N) is 2. The number of anilines is 1. The Balaban J connectivity index is 1.97. The second-order valence-electron chi connectivity index (χ2n) is 8.16. The molecule has 1 amide bonds. The van der Waals surface area contributed by atoms with Gasteiger partial charge in [0, 0.05) is 39.2 Å². The SMILES string of the molecule is C[C@H](/C=C\C(F)(F)F)Oc1cc(-c2cc(-c3cc(C[NH+](C)C)cs3)cnc2N)ccc1C(N)=O. The number of nitrogens with zero attached hydrogens (tertiary/aromatic N) is 1. The third-order valence-corrected chi connectivity index (χ3v) is 5.87. The van der Waals surface area contributed by atoms with E-state index in [9.17, 15) is 18.0 Å². The molecule has 0 saturated heterocycles. The molecule has 3 aromatic rings. The Morgan fingerprint density at radius 3 is 2.62 bits per heavy atom. The number of hydrogen-bond acceptors (Lipinski definition) is 5. The largest absolute Gasteiger partial charge is 0.486 e. The molecule has 0 unspecified atom stereocenters. The number of nitrogen functional groups attached to an aromatic ring is 1. The molecule has 1 atom stereocenters. The highest BCUT2D eigenvalue weighted by Crippen LogP contribution is 2.35. The molecule has 0 radical (unpaired) electrons.